The number of aromatic nitrogens is 1. The number of pyridine rings is 1. The third-order valence-corrected chi connectivity index (χ3v) is 2.58. The van der Waals surface area contributed by atoms with Gasteiger partial charge in [-0.3, -0.25) is 4.79 Å². The highest BCUT2D eigenvalue weighted by Gasteiger charge is 1.98. The molecule has 0 spiro atoms. The van der Waals surface area contributed by atoms with Crippen molar-refractivity contribution in [1.82, 2.24) is 4.57 Å². The Labute approximate surface area is 67.7 Å². The van der Waals surface area contributed by atoms with Crippen LogP contribution in [-0.2, 0) is 7.05 Å². The minimum atomic E-state index is 0.0868. The van der Waals surface area contributed by atoms with Gasteiger partial charge in [-0.1, -0.05) is 0 Å². The fraction of sp³-hybridized carbons (Fsp3) is 0.125. The molecule has 2 aromatic heterocycles. The zero-order valence-electron chi connectivity index (χ0n) is 6.07. The van der Waals surface area contributed by atoms with Crippen molar-refractivity contribution in [3.8, 4) is 0 Å². The van der Waals surface area contributed by atoms with E-state index in [-0.39, 0.29) is 5.56 Å². The Morgan fingerprint density at radius 1 is 1.45 bits per heavy atom. The topological polar surface area (TPSA) is 22.0 Å². The number of thiophene rings is 1. The van der Waals surface area contributed by atoms with Gasteiger partial charge in [-0.25, -0.2) is 0 Å². The van der Waals surface area contributed by atoms with Gasteiger partial charge in [-0.2, -0.15) is 0 Å². The summed E-state index contributed by atoms with van der Waals surface area (Å²) in [5.41, 5.74) is 0.0868. The molecule has 2 aromatic rings. The summed E-state index contributed by atoms with van der Waals surface area (Å²) >= 11 is 1.60. The molecule has 0 saturated carbocycles. The highest BCUT2D eigenvalue weighted by atomic mass is 32.1. The minimum absolute atomic E-state index is 0.0868. The van der Waals surface area contributed by atoms with Crippen LogP contribution >= 0.6 is 11.3 Å². The standard InChI is InChI=1S/C8H7NOS/c1-9-4-2-7-6(8(9)10)3-5-11-7/h2-5H,1H3. The predicted octanol–water partition coefficient (Wildman–Crippen LogP) is 1.60. The zero-order valence-corrected chi connectivity index (χ0v) is 6.89. The Kier molecular flexibility index (Phi) is 1.32. The second kappa shape index (κ2) is 2.20. The molecule has 0 aromatic carbocycles. The van der Waals surface area contributed by atoms with Crippen LogP contribution in [0.1, 0.15) is 0 Å². The second-order valence-electron chi connectivity index (χ2n) is 2.43. The van der Waals surface area contributed by atoms with E-state index >= 15 is 0 Å². The van der Waals surface area contributed by atoms with Crippen LogP contribution in [0.15, 0.2) is 28.5 Å². The lowest BCUT2D eigenvalue weighted by atomic mass is 10.3. The van der Waals surface area contributed by atoms with Crippen molar-refractivity contribution in [3.05, 3.63) is 34.1 Å². The Bertz CT molecular complexity index is 441. The quantitative estimate of drug-likeness (QED) is 0.581. The van der Waals surface area contributed by atoms with Crippen molar-refractivity contribution in [3.63, 3.8) is 0 Å². The number of hydrogen-bond acceptors (Lipinski definition) is 2. The van der Waals surface area contributed by atoms with Gasteiger partial charge in [-0.15, -0.1) is 11.3 Å². The number of aryl methyl sites for hydroxylation is 1. The molecule has 0 unspecified atom stereocenters. The molecule has 3 heteroatoms. The van der Waals surface area contributed by atoms with Gasteiger partial charge in [0.25, 0.3) is 5.56 Å². The molecule has 0 N–H and O–H groups in total. The van der Waals surface area contributed by atoms with E-state index < -0.39 is 0 Å². The van der Waals surface area contributed by atoms with E-state index in [4.69, 9.17) is 0 Å². The number of hydrogen-bond donors (Lipinski definition) is 0. The molecule has 0 bridgehead atoms. The molecule has 0 aliphatic carbocycles. The van der Waals surface area contributed by atoms with Crippen molar-refractivity contribution in [2.75, 3.05) is 0 Å². The Hall–Kier alpha value is -1.09. The molecular weight excluding hydrogens is 158 g/mol. The monoisotopic (exact) mass is 165 g/mol. The fourth-order valence-electron chi connectivity index (χ4n) is 1.06. The molecule has 2 heterocycles. The molecule has 0 amide bonds. The second-order valence-corrected chi connectivity index (χ2v) is 3.38. The first-order valence-electron chi connectivity index (χ1n) is 3.32. The van der Waals surface area contributed by atoms with Crippen LogP contribution in [0.2, 0.25) is 0 Å². The van der Waals surface area contributed by atoms with Crippen LogP contribution < -0.4 is 5.56 Å². The van der Waals surface area contributed by atoms with Gasteiger partial charge in [0.05, 0.1) is 5.39 Å². The van der Waals surface area contributed by atoms with Gasteiger partial charge < -0.3 is 4.57 Å². The van der Waals surface area contributed by atoms with Crippen LogP contribution in [0.25, 0.3) is 10.1 Å². The number of rotatable bonds is 0. The van der Waals surface area contributed by atoms with Crippen molar-refractivity contribution < 1.29 is 0 Å². The molecule has 11 heavy (non-hydrogen) atoms. The first-order valence-corrected chi connectivity index (χ1v) is 4.20. The fourth-order valence-corrected chi connectivity index (χ4v) is 1.84. The van der Waals surface area contributed by atoms with Crippen LogP contribution in [0, 0.1) is 0 Å². The van der Waals surface area contributed by atoms with Gasteiger partial charge in [0.15, 0.2) is 0 Å². The van der Waals surface area contributed by atoms with Crippen LogP contribution in [-0.4, -0.2) is 4.57 Å². The molecule has 2 nitrogen and oxygen atoms in total. The van der Waals surface area contributed by atoms with Crippen molar-refractivity contribution >= 4 is 21.4 Å². The van der Waals surface area contributed by atoms with Crippen molar-refractivity contribution in [2.45, 2.75) is 0 Å². The lowest BCUT2D eigenvalue weighted by Gasteiger charge is -1.94. The zero-order chi connectivity index (χ0) is 7.84. The highest BCUT2D eigenvalue weighted by Crippen LogP contribution is 2.15. The smallest absolute Gasteiger partial charge is 0.259 e. The molecule has 0 aliphatic heterocycles. The lowest BCUT2D eigenvalue weighted by molar-refractivity contribution is 0.874. The predicted molar refractivity (Wildman–Crippen MR) is 47.1 cm³/mol. The third kappa shape index (κ3) is 0.886. The van der Waals surface area contributed by atoms with Gasteiger partial charge in [0.2, 0.25) is 0 Å². The SMILES string of the molecule is Cn1ccc2sccc2c1=O. The average molecular weight is 165 g/mol. The molecule has 0 saturated heterocycles. The first-order chi connectivity index (χ1) is 5.29. The molecule has 0 aliphatic rings. The van der Waals surface area contributed by atoms with Gasteiger partial charge in [0.1, 0.15) is 0 Å². The van der Waals surface area contributed by atoms with E-state index in [1.165, 1.54) is 0 Å². The molecule has 56 valence electrons. The molecule has 0 fully saturated rings. The Morgan fingerprint density at radius 3 is 3.09 bits per heavy atom. The summed E-state index contributed by atoms with van der Waals surface area (Å²) in [6.45, 7) is 0. The van der Waals surface area contributed by atoms with E-state index in [1.807, 2.05) is 17.5 Å². The molecule has 2 rings (SSSR count). The maximum absolute atomic E-state index is 11.4. The van der Waals surface area contributed by atoms with Gasteiger partial charge in [-0.05, 0) is 17.5 Å². The summed E-state index contributed by atoms with van der Waals surface area (Å²) in [6.07, 6.45) is 1.79. The lowest BCUT2D eigenvalue weighted by Crippen LogP contribution is -2.14. The van der Waals surface area contributed by atoms with Crippen LogP contribution in [0.3, 0.4) is 0 Å². The summed E-state index contributed by atoms with van der Waals surface area (Å²) in [4.78, 5) is 11.4. The van der Waals surface area contributed by atoms with E-state index in [1.54, 1.807) is 29.1 Å². The van der Waals surface area contributed by atoms with Crippen molar-refractivity contribution in [1.29, 1.82) is 0 Å². The largest absolute Gasteiger partial charge is 0.318 e. The van der Waals surface area contributed by atoms with E-state index in [2.05, 4.69) is 0 Å². The van der Waals surface area contributed by atoms with E-state index in [9.17, 15) is 4.79 Å². The molecular formula is C8H7NOS. The highest BCUT2D eigenvalue weighted by molar-refractivity contribution is 7.17. The average Bonchev–Trinajstić information content (AvgIpc) is 2.45. The summed E-state index contributed by atoms with van der Waals surface area (Å²) in [5.74, 6) is 0. The van der Waals surface area contributed by atoms with Crippen LogP contribution in [0.4, 0.5) is 0 Å². The molecule has 0 atom stereocenters. The summed E-state index contributed by atoms with van der Waals surface area (Å²) in [6, 6.07) is 3.82. The summed E-state index contributed by atoms with van der Waals surface area (Å²) in [7, 11) is 1.76. The number of nitrogens with zero attached hydrogens (tertiary/aromatic N) is 1. The van der Waals surface area contributed by atoms with E-state index in [0.717, 1.165) is 10.1 Å². The normalized spacial score (nSPS) is 10.6. The van der Waals surface area contributed by atoms with Gasteiger partial charge >= 0.3 is 0 Å². The maximum atomic E-state index is 11.4. The summed E-state index contributed by atoms with van der Waals surface area (Å²) in [5, 5.41) is 2.76. The van der Waals surface area contributed by atoms with Crippen molar-refractivity contribution in [2.24, 2.45) is 7.05 Å². The first kappa shape index (κ1) is 6.61. The van der Waals surface area contributed by atoms with Crippen LogP contribution in [0.5, 0.6) is 0 Å². The third-order valence-electron chi connectivity index (χ3n) is 1.70. The van der Waals surface area contributed by atoms with E-state index in [0.29, 0.717) is 0 Å². The Morgan fingerprint density at radius 2 is 2.27 bits per heavy atom. The maximum Gasteiger partial charge on any atom is 0.259 e. The van der Waals surface area contributed by atoms with Gasteiger partial charge in [0, 0.05) is 17.9 Å². The Balaban J connectivity index is 3.05. The summed E-state index contributed by atoms with van der Waals surface area (Å²) < 4.78 is 2.66. The number of fused-ring (bicyclic) bond motifs is 1. The molecule has 0 radical (unpaired) electrons. The minimum Gasteiger partial charge on any atom is -0.318 e.